The lowest BCUT2D eigenvalue weighted by Crippen LogP contribution is -2.34. The molecule has 0 spiro atoms. The van der Waals surface area contributed by atoms with Crippen LogP contribution in [0.5, 0.6) is 0 Å². The number of hydrogen-bond acceptors (Lipinski definition) is 3. The third-order valence-electron chi connectivity index (χ3n) is 6.95. The number of benzene rings is 4. The van der Waals surface area contributed by atoms with E-state index in [2.05, 4.69) is 84.9 Å². The molecule has 1 aliphatic carbocycles. The van der Waals surface area contributed by atoms with Gasteiger partial charge in [0.25, 0.3) is 0 Å². The van der Waals surface area contributed by atoms with Gasteiger partial charge in [0.2, 0.25) is 0 Å². The Morgan fingerprint density at radius 1 is 0.629 bits per heavy atom. The van der Waals surface area contributed by atoms with Crippen molar-refractivity contribution in [3.8, 4) is 0 Å². The van der Waals surface area contributed by atoms with Gasteiger partial charge in [0.05, 0.1) is 25.4 Å². The SMILES string of the molecule is O[C@H]1C[C@H](COC(c2ccccc2)(c2ccccc2)c2ccccc2)C[C@H]1OCc1ccccc1. The zero-order valence-corrected chi connectivity index (χ0v) is 19.9. The van der Waals surface area contributed by atoms with Gasteiger partial charge in [-0.3, -0.25) is 0 Å². The van der Waals surface area contributed by atoms with Gasteiger partial charge in [0, 0.05) is 0 Å². The summed E-state index contributed by atoms with van der Waals surface area (Å²) in [5.41, 5.74) is 3.65. The fourth-order valence-corrected chi connectivity index (χ4v) is 5.18. The Bertz CT molecular complexity index is 1070. The number of rotatable bonds is 9. The maximum Gasteiger partial charge on any atom is 0.143 e. The standard InChI is InChI=1S/C32H32O3/c33-30-21-26(22-31(30)34-23-25-13-5-1-6-14-25)24-35-32(27-15-7-2-8-16-27,28-17-9-3-10-18-28)29-19-11-4-12-20-29/h1-20,26,30-31,33H,21-24H2/t26-,30-,31+/m0/s1. The van der Waals surface area contributed by atoms with Crippen molar-refractivity contribution in [1.82, 2.24) is 0 Å². The minimum Gasteiger partial charge on any atom is -0.390 e. The van der Waals surface area contributed by atoms with Gasteiger partial charge in [-0.1, -0.05) is 121 Å². The highest BCUT2D eigenvalue weighted by atomic mass is 16.5. The number of hydrogen-bond donors (Lipinski definition) is 1. The molecule has 0 heterocycles. The van der Waals surface area contributed by atoms with E-state index in [0.717, 1.165) is 28.7 Å². The zero-order chi connectivity index (χ0) is 23.9. The van der Waals surface area contributed by atoms with Crippen molar-refractivity contribution in [1.29, 1.82) is 0 Å². The van der Waals surface area contributed by atoms with Crippen LogP contribution in [-0.2, 0) is 21.7 Å². The molecule has 5 rings (SSSR count). The van der Waals surface area contributed by atoms with E-state index in [0.29, 0.717) is 19.6 Å². The van der Waals surface area contributed by atoms with Crippen LogP contribution in [0.15, 0.2) is 121 Å². The lowest BCUT2D eigenvalue weighted by Gasteiger charge is -2.36. The number of aliphatic hydroxyl groups excluding tert-OH is 1. The molecule has 0 aromatic heterocycles. The van der Waals surface area contributed by atoms with E-state index in [-0.39, 0.29) is 12.0 Å². The molecule has 0 amide bonds. The average molecular weight is 465 g/mol. The van der Waals surface area contributed by atoms with E-state index in [4.69, 9.17) is 9.47 Å². The van der Waals surface area contributed by atoms with Crippen molar-refractivity contribution in [3.63, 3.8) is 0 Å². The van der Waals surface area contributed by atoms with Crippen LogP contribution in [0.3, 0.4) is 0 Å². The predicted molar refractivity (Wildman–Crippen MR) is 139 cm³/mol. The lowest BCUT2D eigenvalue weighted by molar-refractivity contribution is -0.0291. The zero-order valence-electron chi connectivity index (χ0n) is 19.9. The first kappa shape index (κ1) is 23.5. The van der Waals surface area contributed by atoms with Crippen molar-refractivity contribution >= 4 is 0 Å². The highest BCUT2D eigenvalue weighted by molar-refractivity contribution is 5.47. The normalized spacial score (nSPS) is 20.1. The average Bonchev–Trinajstić information content (AvgIpc) is 3.29. The van der Waals surface area contributed by atoms with E-state index in [1.807, 2.05) is 36.4 Å². The van der Waals surface area contributed by atoms with E-state index in [9.17, 15) is 5.11 Å². The lowest BCUT2D eigenvalue weighted by atomic mass is 9.80. The third kappa shape index (κ3) is 5.23. The fraction of sp³-hybridized carbons (Fsp3) is 0.250. The molecule has 1 saturated carbocycles. The van der Waals surface area contributed by atoms with Crippen molar-refractivity contribution in [3.05, 3.63) is 144 Å². The van der Waals surface area contributed by atoms with Gasteiger partial charge in [0.1, 0.15) is 5.60 Å². The van der Waals surface area contributed by atoms with Gasteiger partial charge >= 0.3 is 0 Å². The number of aliphatic hydroxyl groups is 1. The fourth-order valence-electron chi connectivity index (χ4n) is 5.18. The highest BCUT2D eigenvalue weighted by Crippen LogP contribution is 2.42. The Balaban J connectivity index is 1.39. The molecule has 0 unspecified atom stereocenters. The summed E-state index contributed by atoms with van der Waals surface area (Å²) < 4.78 is 13.1. The van der Waals surface area contributed by atoms with Gasteiger partial charge < -0.3 is 14.6 Å². The summed E-state index contributed by atoms with van der Waals surface area (Å²) in [5.74, 6) is 0.210. The van der Waals surface area contributed by atoms with Crippen molar-refractivity contribution in [2.75, 3.05) is 6.61 Å². The second kappa shape index (κ2) is 11.0. The molecule has 3 atom stereocenters. The van der Waals surface area contributed by atoms with Gasteiger partial charge in [-0.25, -0.2) is 0 Å². The number of ether oxygens (including phenoxy) is 2. The first-order valence-electron chi connectivity index (χ1n) is 12.4. The van der Waals surface area contributed by atoms with Crippen LogP contribution in [0.1, 0.15) is 35.1 Å². The second-order valence-electron chi connectivity index (χ2n) is 9.33. The Morgan fingerprint density at radius 3 is 1.57 bits per heavy atom. The van der Waals surface area contributed by atoms with Crippen molar-refractivity contribution in [2.45, 2.75) is 37.3 Å². The Labute approximate surface area is 208 Å². The first-order valence-corrected chi connectivity index (χ1v) is 12.4. The Kier molecular flexibility index (Phi) is 7.39. The van der Waals surface area contributed by atoms with Crippen molar-refractivity contribution < 1.29 is 14.6 Å². The van der Waals surface area contributed by atoms with Crippen LogP contribution in [-0.4, -0.2) is 23.9 Å². The van der Waals surface area contributed by atoms with Crippen molar-refractivity contribution in [2.24, 2.45) is 5.92 Å². The van der Waals surface area contributed by atoms with E-state index in [1.54, 1.807) is 0 Å². The predicted octanol–water partition coefficient (Wildman–Crippen LogP) is 6.35. The van der Waals surface area contributed by atoms with E-state index < -0.39 is 11.7 Å². The van der Waals surface area contributed by atoms with Crippen LogP contribution in [0, 0.1) is 5.92 Å². The molecule has 3 nitrogen and oxygen atoms in total. The summed E-state index contributed by atoms with van der Waals surface area (Å²) in [5, 5.41) is 10.7. The minimum atomic E-state index is -0.738. The Morgan fingerprint density at radius 2 is 1.09 bits per heavy atom. The molecule has 1 aliphatic rings. The van der Waals surface area contributed by atoms with Crippen LogP contribution < -0.4 is 0 Å². The second-order valence-corrected chi connectivity index (χ2v) is 9.33. The summed E-state index contributed by atoms with van der Waals surface area (Å²) in [6, 6.07) is 41.4. The summed E-state index contributed by atoms with van der Waals surface area (Å²) in [6.07, 6.45) is 0.798. The summed E-state index contributed by atoms with van der Waals surface area (Å²) in [7, 11) is 0. The van der Waals surface area contributed by atoms with Crippen LogP contribution >= 0.6 is 0 Å². The molecule has 0 radical (unpaired) electrons. The molecule has 4 aromatic rings. The molecule has 0 saturated heterocycles. The summed E-state index contributed by atoms with van der Waals surface area (Å²) in [6.45, 7) is 1.04. The van der Waals surface area contributed by atoms with E-state index in [1.165, 1.54) is 0 Å². The molecule has 178 valence electrons. The van der Waals surface area contributed by atoms with Crippen LogP contribution in [0.25, 0.3) is 0 Å². The maximum atomic E-state index is 10.7. The molecule has 3 heteroatoms. The maximum absolute atomic E-state index is 10.7. The molecule has 1 fully saturated rings. The molecule has 1 N–H and O–H groups in total. The highest BCUT2D eigenvalue weighted by Gasteiger charge is 2.40. The Hall–Kier alpha value is -3.24. The summed E-state index contributed by atoms with van der Waals surface area (Å²) >= 11 is 0. The van der Waals surface area contributed by atoms with Crippen LogP contribution in [0.2, 0.25) is 0 Å². The molecule has 4 aromatic carbocycles. The molecular formula is C32H32O3. The third-order valence-corrected chi connectivity index (χ3v) is 6.95. The quantitative estimate of drug-likeness (QED) is 0.293. The van der Waals surface area contributed by atoms with Gasteiger partial charge in [-0.05, 0) is 41.0 Å². The summed E-state index contributed by atoms with van der Waals surface area (Å²) in [4.78, 5) is 0. The van der Waals surface area contributed by atoms with Gasteiger partial charge in [-0.2, -0.15) is 0 Å². The first-order chi connectivity index (χ1) is 17.3. The topological polar surface area (TPSA) is 38.7 Å². The molecule has 0 bridgehead atoms. The van der Waals surface area contributed by atoms with Gasteiger partial charge in [0.15, 0.2) is 0 Å². The van der Waals surface area contributed by atoms with Crippen LogP contribution in [0.4, 0.5) is 0 Å². The molecule has 35 heavy (non-hydrogen) atoms. The van der Waals surface area contributed by atoms with E-state index >= 15 is 0 Å². The molecule has 0 aliphatic heterocycles. The minimum absolute atomic E-state index is 0.177. The van der Waals surface area contributed by atoms with Gasteiger partial charge in [-0.15, -0.1) is 0 Å². The monoisotopic (exact) mass is 464 g/mol. The molecular weight excluding hydrogens is 432 g/mol. The largest absolute Gasteiger partial charge is 0.390 e. The smallest absolute Gasteiger partial charge is 0.143 e.